The van der Waals surface area contributed by atoms with Crippen LogP contribution in [0.25, 0.3) is 10.8 Å². The van der Waals surface area contributed by atoms with Crippen molar-refractivity contribution in [3.63, 3.8) is 0 Å². The largest absolute Gasteiger partial charge is 0.319 e. The normalized spacial score (nSPS) is 9.44. The molecule has 0 spiro atoms. The number of benzene rings is 2. The van der Waals surface area contributed by atoms with E-state index < -0.39 is 0 Å². The smallest absolute Gasteiger partial charge is 0.176 e. The zero-order valence-corrected chi connectivity index (χ0v) is 9.77. The van der Waals surface area contributed by atoms with E-state index in [4.69, 9.17) is 10.5 Å². The fourth-order valence-electron chi connectivity index (χ4n) is 2.02. The summed E-state index contributed by atoms with van der Waals surface area (Å²) >= 11 is 0. The van der Waals surface area contributed by atoms with Crippen LogP contribution in [0.4, 0.5) is 0 Å². The zero-order chi connectivity index (χ0) is 12.8. The second-order valence-electron chi connectivity index (χ2n) is 3.86. The van der Waals surface area contributed by atoms with Crippen LogP contribution in [0.3, 0.4) is 0 Å². The molecule has 0 saturated heterocycles. The molecule has 0 aliphatic rings. The van der Waals surface area contributed by atoms with Gasteiger partial charge in [0.05, 0.1) is 13.1 Å². The Morgan fingerprint density at radius 2 is 1.22 bits per heavy atom. The third kappa shape index (κ3) is 2.34. The van der Waals surface area contributed by atoms with Crippen LogP contribution in [0.2, 0.25) is 0 Å². The van der Waals surface area contributed by atoms with Crippen molar-refractivity contribution in [1.82, 2.24) is 10.6 Å². The van der Waals surface area contributed by atoms with Crippen molar-refractivity contribution in [2.24, 2.45) is 0 Å². The van der Waals surface area contributed by atoms with Gasteiger partial charge in [-0.3, -0.25) is 0 Å². The number of nitriles is 2. The van der Waals surface area contributed by atoms with Gasteiger partial charge < -0.3 is 10.6 Å². The lowest BCUT2D eigenvalue weighted by atomic mass is 10.00. The first kappa shape index (κ1) is 11.8. The predicted molar refractivity (Wildman–Crippen MR) is 68.9 cm³/mol. The number of nitrogens with one attached hydrogen (secondary N) is 2. The lowest BCUT2D eigenvalue weighted by Gasteiger charge is -2.09. The molecule has 2 N–H and O–H groups in total. The van der Waals surface area contributed by atoms with Crippen molar-refractivity contribution in [3.8, 4) is 12.4 Å². The fraction of sp³-hybridized carbons (Fsp3) is 0.143. The lowest BCUT2D eigenvalue weighted by molar-refractivity contribution is 0.885. The molecule has 0 fully saturated rings. The van der Waals surface area contributed by atoms with Crippen molar-refractivity contribution in [2.45, 2.75) is 13.1 Å². The molecule has 0 amide bonds. The molecule has 0 heterocycles. The second-order valence-corrected chi connectivity index (χ2v) is 3.86. The fourth-order valence-corrected chi connectivity index (χ4v) is 2.02. The number of rotatable bonds is 4. The highest BCUT2D eigenvalue weighted by Gasteiger charge is 2.04. The summed E-state index contributed by atoms with van der Waals surface area (Å²) in [6, 6.07) is 12.0. The molecule has 0 aliphatic carbocycles. The van der Waals surface area contributed by atoms with E-state index in [2.05, 4.69) is 10.6 Å². The first-order valence-corrected chi connectivity index (χ1v) is 5.60. The Morgan fingerprint density at radius 3 is 1.61 bits per heavy atom. The molecule has 0 aromatic heterocycles. The van der Waals surface area contributed by atoms with Gasteiger partial charge in [-0.05, 0) is 21.9 Å². The molecule has 18 heavy (non-hydrogen) atoms. The minimum atomic E-state index is 0.517. The van der Waals surface area contributed by atoms with Gasteiger partial charge in [0.15, 0.2) is 12.4 Å². The van der Waals surface area contributed by atoms with Crippen LogP contribution in [-0.4, -0.2) is 0 Å². The van der Waals surface area contributed by atoms with Crippen LogP contribution in [0.1, 0.15) is 11.1 Å². The van der Waals surface area contributed by atoms with E-state index >= 15 is 0 Å². The van der Waals surface area contributed by atoms with Crippen molar-refractivity contribution in [3.05, 3.63) is 47.5 Å². The Kier molecular flexibility index (Phi) is 3.63. The van der Waals surface area contributed by atoms with Crippen LogP contribution in [-0.2, 0) is 13.1 Å². The molecule has 2 aromatic carbocycles. The van der Waals surface area contributed by atoms with E-state index in [0.29, 0.717) is 13.1 Å². The molecule has 88 valence electrons. The van der Waals surface area contributed by atoms with Gasteiger partial charge in [-0.15, -0.1) is 0 Å². The predicted octanol–water partition coefficient (Wildman–Crippen LogP) is 1.98. The van der Waals surface area contributed by atoms with Gasteiger partial charge in [0.25, 0.3) is 0 Å². The minimum Gasteiger partial charge on any atom is -0.319 e. The molecule has 0 radical (unpaired) electrons. The van der Waals surface area contributed by atoms with Crippen LogP contribution < -0.4 is 10.6 Å². The standard InChI is InChI=1S/C14H12N4/c15-9-17-7-11-3-1-5-13-12(8-18-10-16)4-2-6-14(11)13/h1-6,17-18H,7-8H2. The molecule has 4 nitrogen and oxygen atoms in total. The average Bonchev–Trinajstić information content (AvgIpc) is 2.42. The van der Waals surface area contributed by atoms with Gasteiger partial charge in [-0.1, -0.05) is 36.4 Å². The summed E-state index contributed by atoms with van der Waals surface area (Å²) in [5.74, 6) is 0. The van der Waals surface area contributed by atoms with Crippen molar-refractivity contribution in [2.75, 3.05) is 0 Å². The third-order valence-electron chi connectivity index (χ3n) is 2.82. The molecule has 0 atom stereocenters. The lowest BCUT2D eigenvalue weighted by Crippen LogP contribution is -2.07. The van der Waals surface area contributed by atoms with Gasteiger partial charge in [0.1, 0.15) is 0 Å². The number of hydrogen-bond donors (Lipinski definition) is 2. The second kappa shape index (κ2) is 5.56. The Bertz CT molecular complexity index is 577. The number of nitrogens with zero attached hydrogens (tertiary/aromatic N) is 2. The van der Waals surface area contributed by atoms with E-state index in [1.54, 1.807) is 0 Å². The molecular formula is C14H12N4. The Hall–Kier alpha value is -2.72. The summed E-state index contributed by atoms with van der Waals surface area (Å²) < 4.78 is 0. The molecule has 2 rings (SSSR count). The minimum absolute atomic E-state index is 0.517. The number of hydrogen-bond acceptors (Lipinski definition) is 4. The summed E-state index contributed by atoms with van der Waals surface area (Å²) in [6.07, 6.45) is 3.85. The van der Waals surface area contributed by atoms with Crippen LogP contribution >= 0.6 is 0 Å². The molecule has 0 unspecified atom stereocenters. The van der Waals surface area contributed by atoms with E-state index in [1.165, 1.54) is 0 Å². The van der Waals surface area contributed by atoms with Gasteiger partial charge >= 0.3 is 0 Å². The maximum atomic E-state index is 8.56. The highest BCUT2D eigenvalue weighted by Crippen LogP contribution is 2.22. The maximum Gasteiger partial charge on any atom is 0.176 e. The molecule has 2 aromatic rings. The first-order valence-electron chi connectivity index (χ1n) is 5.60. The highest BCUT2D eigenvalue weighted by atomic mass is 14.8. The van der Waals surface area contributed by atoms with Crippen molar-refractivity contribution in [1.29, 1.82) is 10.5 Å². The van der Waals surface area contributed by atoms with E-state index in [-0.39, 0.29) is 0 Å². The van der Waals surface area contributed by atoms with Crippen LogP contribution in [0.5, 0.6) is 0 Å². The molecule has 4 heteroatoms. The van der Waals surface area contributed by atoms with E-state index in [1.807, 2.05) is 48.8 Å². The molecule has 0 saturated carbocycles. The molecule has 0 bridgehead atoms. The average molecular weight is 236 g/mol. The SMILES string of the molecule is N#CNCc1cccc2c(CNC#N)cccc12. The summed E-state index contributed by atoms with van der Waals surface area (Å²) in [5, 5.41) is 24.7. The van der Waals surface area contributed by atoms with E-state index in [0.717, 1.165) is 21.9 Å². The third-order valence-corrected chi connectivity index (χ3v) is 2.82. The monoisotopic (exact) mass is 236 g/mol. The first-order chi connectivity index (χ1) is 8.86. The van der Waals surface area contributed by atoms with Crippen LogP contribution in [0, 0.1) is 22.9 Å². The molecule has 0 aliphatic heterocycles. The zero-order valence-electron chi connectivity index (χ0n) is 9.77. The quantitative estimate of drug-likeness (QED) is 0.629. The van der Waals surface area contributed by atoms with Gasteiger partial charge in [0.2, 0.25) is 0 Å². The maximum absolute atomic E-state index is 8.56. The summed E-state index contributed by atoms with van der Waals surface area (Å²) in [5.41, 5.74) is 2.15. The van der Waals surface area contributed by atoms with Gasteiger partial charge in [0, 0.05) is 0 Å². The Morgan fingerprint density at radius 1 is 0.778 bits per heavy atom. The molecular weight excluding hydrogens is 224 g/mol. The summed E-state index contributed by atoms with van der Waals surface area (Å²) in [6.45, 7) is 1.03. The highest BCUT2D eigenvalue weighted by molar-refractivity contribution is 5.88. The summed E-state index contributed by atoms with van der Waals surface area (Å²) in [4.78, 5) is 0. The summed E-state index contributed by atoms with van der Waals surface area (Å²) in [7, 11) is 0. The topological polar surface area (TPSA) is 71.6 Å². The van der Waals surface area contributed by atoms with Crippen LogP contribution in [0.15, 0.2) is 36.4 Å². The van der Waals surface area contributed by atoms with Gasteiger partial charge in [-0.2, -0.15) is 10.5 Å². The van der Waals surface area contributed by atoms with Gasteiger partial charge in [-0.25, -0.2) is 0 Å². The number of fused-ring (bicyclic) bond motifs is 1. The van der Waals surface area contributed by atoms with Crippen molar-refractivity contribution >= 4 is 10.8 Å². The van der Waals surface area contributed by atoms with E-state index in [9.17, 15) is 0 Å². The Balaban J connectivity index is 2.45. The van der Waals surface area contributed by atoms with Crippen molar-refractivity contribution < 1.29 is 0 Å². The Labute approximate surface area is 105 Å².